The highest BCUT2D eigenvalue weighted by molar-refractivity contribution is 8.00. The molecule has 0 unspecified atom stereocenters. The van der Waals surface area contributed by atoms with E-state index < -0.39 is 23.0 Å². The molecule has 0 aromatic heterocycles. The quantitative estimate of drug-likeness (QED) is 0.570. The molecule has 0 saturated heterocycles. The molecule has 0 aliphatic carbocycles. The fraction of sp³-hybridized carbons (Fsp3) is 0.364. The van der Waals surface area contributed by atoms with Crippen LogP contribution >= 0.6 is 11.8 Å². The second-order valence-electron chi connectivity index (χ2n) is 3.07. The average molecular weight is 246 g/mol. The Bertz CT molecular complexity index is 349. The van der Waals surface area contributed by atoms with Crippen LogP contribution < -0.4 is 0 Å². The number of carbonyl (C=O) groups is 1. The second-order valence-corrected chi connectivity index (χ2v) is 4.17. The van der Waals surface area contributed by atoms with Gasteiger partial charge in [-0.3, -0.25) is 4.79 Å². The zero-order valence-corrected chi connectivity index (χ0v) is 9.65. The largest absolute Gasteiger partial charge is 0.384 e. The van der Waals surface area contributed by atoms with Crippen LogP contribution in [0.5, 0.6) is 0 Å². The van der Waals surface area contributed by atoms with Crippen LogP contribution in [-0.4, -0.2) is 31.0 Å². The van der Waals surface area contributed by atoms with E-state index in [1.165, 1.54) is 17.8 Å². The summed E-state index contributed by atoms with van der Waals surface area (Å²) in [6.45, 7) is 0.512. The zero-order valence-electron chi connectivity index (χ0n) is 8.83. The van der Waals surface area contributed by atoms with Gasteiger partial charge in [0.25, 0.3) is 0 Å². The van der Waals surface area contributed by atoms with E-state index in [0.717, 1.165) is 12.1 Å². The first kappa shape index (κ1) is 13.1. The van der Waals surface area contributed by atoms with Gasteiger partial charge in [-0.25, -0.2) is 8.78 Å². The van der Waals surface area contributed by atoms with Crippen molar-refractivity contribution in [3.63, 3.8) is 0 Å². The summed E-state index contributed by atoms with van der Waals surface area (Å²) in [5, 5.41) is 0. The molecule has 2 nitrogen and oxygen atoms in total. The van der Waals surface area contributed by atoms with Crippen molar-refractivity contribution >= 4 is 17.5 Å². The highest BCUT2D eigenvalue weighted by Crippen LogP contribution is 2.15. The van der Waals surface area contributed by atoms with Gasteiger partial charge in [0.05, 0.1) is 17.9 Å². The lowest BCUT2D eigenvalue weighted by molar-refractivity contribution is 0.101. The van der Waals surface area contributed by atoms with Crippen molar-refractivity contribution in [3.05, 3.63) is 35.4 Å². The van der Waals surface area contributed by atoms with E-state index in [1.54, 1.807) is 7.11 Å². The molecule has 0 heterocycles. The third-order valence-electron chi connectivity index (χ3n) is 1.91. The van der Waals surface area contributed by atoms with Crippen LogP contribution in [0.25, 0.3) is 0 Å². The van der Waals surface area contributed by atoms with E-state index >= 15 is 0 Å². The second kappa shape index (κ2) is 6.60. The van der Waals surface area contributed by atoms with Crippen LogP contribution in [0, 0.1) is 11.6 Å². The lowest BCUT2D eigenvalue weighted by Crippen LogP contribution is -2.09. The van der Waals surface area contributed by atoms with Gasteiger partial charge in [0.1, 0.15) is 11.6 Å². The molecule has 88 valence electrons. The van der Waals surface area contributed by atoms with Gasteiger partial charge in [-0.1, -0.05) is 6.07 Å². The summed E-state index contributed by atoms with van der Waals surface area (Å²) in [7, 11) is 1.55. The summed E-state index contributed by atoms with van der Waals surface area (Å²) < 4.78 is 31.2. The molecule has 0 spiro atoms. The van der Waals surface area contributed by atoms with E-state index in [1.807, 2.05) is 0 Å². The Morgan fingerprint density at radius 3 is 2.56 bits per heavy atom. The summed E-state index contributed by atoms with van der Waals surface area (Å²) >= 11 is 1.29. The number of ether oxygens (including phenoxy) is 1. The lowest BCUT2D eigenvalue weighted by Gasteiger charge is -2.03. The molecule has 16 heavy (non-hydrogen) atoms. The minimum atomic E-state index is -0.808. The molecular weight excluding hydrogens is 234 g/mol. The number of halogens is 2. The molecule has 0 aliphatic heterocycles. The number of methoxy groups -OCH3 is 1. The molecule has 0 atom stereocenters. The number of thioether (sulfide) groups is 1. The van der Waals surface area contributed by atoms with E-state index in [-0.39, 0.29) is 5.75 Å². The van der Waals surface area contributed by atoms with Crippen LogP contribution in [0.15, 0.2) is 18.2 Å². The molecule has 1 rings (SSSR count). The van der Waals surface area contributed by atoms with Crippen molar-refractivity contribution < 1.29 is 18.3 Å². The van der Waals surface area contributed by atoms with Crippen molar-refractivity contribution in [2.75, 3.05) is 25.2 Å². The molecule has 0 saturated carbocycles. The van der Waals surface area contributed by atoms with Crippen molar-refractivity contribution in [1.82, 2.24) is 0 Å². The molecule has 0 bridgehead atoms. The Kier molecular flexibility index (Phi) is 5.42. The average Bonchev–Trinajstić information content (AvgIpc) is 2.24. The number of Topliss-reactive ketones (excluding diaryl/α,β-unsaturated/α-hetero) is 1. The molecule has 0 N–H and O–H groups in total. The first-order chi connectivity index (χ1) is 7.66. The predicted molar refractivity (Wildman–Crippen MR) is 59.9 cm³/mol. The number of hydrogen-bond donors (Lipinski definition) is 0. The highest BCUT2D eigenvalue weighted by atomic mass is 32.2. The third-order valence-corrected chi connectivity index (χ3v) is 2.83. The smallest absolute Gasteiger partial charge is 0.178 e. The summed E-state index contributed by atoms with van der Waals surface area (Å²) in [5.74, 6) is -1.47. The third kappa shape index (κ3) is 3.57. The number of benzene rings is 1. The highest BCUT2D eigenvalue weighted by Gasteiger charge is 2.16. The Morgan fingerprint density at radius 1 is 1.38 bits per heavy atom. The van der Waals surface area contributed by atoms with E-state index in [4.69, 9.17) is 4.74 Å². The van der Waals surface area contributed by atoms with Gasteiger partial charge in [0.15, 0.2) is 5.78 Å². The van der Waals surface area contributed by atoms with Crippen molar-refractivity contribution in [1.29, 1.82) is 0 Å². The first-order valence-electron chi connectivity index (χ1n) is 4.70. The van der Waals surface area contributed by atoms with Crippen LogP contribution in [0.4, 0.5) is 8.78 Å². The summed E-state index contributed by atoms with van der Waals surface area (Å²) in [6.07, 6.45) is 0. The van der Waals surface area contributed by atoms with Crippen LogP contribution in [0.2, 0.25) is 0 Å². The maximum atomic E-state index is 13.2. The van der Waals surface area contributed by atoms with E-state index in [2.05, 4.69) is 0 Å². The normalized spacial score (nSPS) is 10.4. The Labute approximate surface area is 97.0 Å². The van der Waals surface area contributed by atoms with Gasteiger partial charge in [-0.15, -0.1) is 0 Å². The van der Waals surface area contributed by atoms with Gasteiger partial charge >= 0.3 is 0 Å². The monoisotopic (exact) mass is 246 g/mol. The lowest BCUT2D eigenvalue weighted by atomic mass is 10.1. The minimum absolute atomic E-state index is 0.0568. The number of ketones is 1. The van der Waals surface area contributed by atoms with Crippen molar-refractivity contribution in [2.24, 2.45) is 0 Å². The SMILES string of the molecule is COCCSCC(=O)c1c(F)cccc1F. The summed E-state index contributed by atoms with van der Waals surface area (Å²) in [6, 6.07) is 3.39. The Hall–Kier alpha value is -0.940. The fourth-order valence-electron chi connectivity index (χ4n) is 1.14. The van der Waals surface area contributed by atoms with Crippen LogP contribution in [0.3, 0.4) is 0 Å². The topological polar surface area (TPSA) is 26.3 Å². The summed E-state index contributed by atoms with van der Waals surface area (Å²) in [5.41, 5.74) is -0.451. The zero-order chi connectivity index (χ0) is 12.0. The van der Waals surface area contributed by atoms with Gasteiger partial charge < -0.3 is 4.74 Å². The molecule has 1 aromatic rings. The first-order valence-corrected chi connectivity index (χ1v) is 5.86. The Morgan fingerprint density at radius 2 is 2.00 bits per heavy atom. The molecule has 1 aromatic carbocycles. The minimum Gasteiger partial charge on any atom is -0.384 e. The van der Waals surface area contributed by atoms with Crippen molar-refractivity contribution in [2.45, 2.75) is 0 Å². The molecule has 0 fully saturated rings. The van der Waals surface area contributed by atoms with Gasteiger partial charge in [-0.2, -0.15) is 11.8 Å². The van der Waals surface area contributed by atoms with Gasteiger partial charge in [-0.05, 0) is 12.1 Å². The number of rotatable bonds is 6. The van der Waals surface area contributed by atoms with Gasteiger partial charge in [0, 0.05) is 12.9 Å². The van der Waals surface area contributed by atoms with Crippen LogP contribution in [0.1, 0.15) is 10.4 Å². The summed E-state index contributed by atoms with van der Waals surface area (Å²) in [4.78, 5) is 11.5. The molecule has 0 aliphatic rings. The number of hydrogen-bond acceptors (Lipinski definition) is 3. The molecule has 0 radical (unpaired) electrons. The molecular formula is C11H12F2O2S. The molecule has 0 amide bonds. The van der Waals surface area contributed by atoms with E-state index in [0.29, 0.717) is 12.4 Å². The standard InChI is InChI=1S/C11H12F2O2S/c1-15-5-6-16-7-10(14)11-8(12)3-2-4-9(11)13/h2-4H,5-7H2,1H3. The maximum absolute atomic E-state index is 13.2. The van der Waals surface area contributed by atoms with Gasteiger partial charge in [0.2, 0.25) is 0 Å². The Balaban J connectivity index is 2.59. The molecule has 5 heteroatoms. The maximum Gasteiger partial charge on any atom is 0.178 e. The predicted octanol–water partition coefficient (Wildman–Crippen LogP) is 2.53. The number of carbonyl (C=O) groups excluding carboxylic acids is 1. The fourth-order valence-corrected chi connectivity index (χ4v) is 1.90. The van der Waals surface area contributed by atoms with E-state index in [9.17, 15) is 13.6 Å². The van der Waals surface area contributed by atoms with Crippen LogP contribution in [-0.2, 0) is 4.74 Å². The van der Waals surface area contributed by atoms with Crippen molar-refractivity contribution in [3.8, 4) is 0 Å².